The van der Waals surface area contributed by atoms with Crippen molar-refractivity contribution in [1.82, 2.24) is 14.1 Å². The fourth-order valence-corrected chi connectivity index (χ4v) is 6.53. The maximum Gasteiger partial charge on any atom is 0.138 e. The zero-order chi connectivity index (χ0) is 26.2. The molecule has 6 aromatic carbocycles. The van der Waals surface area contributed by atoms with E-state index in [4.69, 9.17) is 4.98 Å². The summed E-state index contributed by atoms with van der Waals surface area (Å²) in [5, 5.41) is 9.79. The van der Waals surface area contributed by atoms with Gasteiger partial charge in [-0.1, -0.05) is 91.0 Å². The molecule has 0 atom stereocenters. The van der Waals surface area contributed by atoms with Crippen molar-refractivity contribution in [1.29, 1.82) is 0 Å². The Bertz CT molecular complexity index is 2430. The first-order chi connectivity index (χ1) is 19.8. The summed E-state index contributed by atoms with van der Waals surface area (Å²) >= 11 is 0. The summed E-state index contributed by atoms with van der Waals surface area (Å²) in [5.41, 5.74) is 5.94. The molecule has 0 aliphatic carbocycles. The van der Waals surface area contributed by atoms with E-state index in [9.17, 15) is 0 Å². The summed E-state index contributed by atoms with van der Waals surface area (Å²) in [6.07, 6.45) is 1.98. The summed E-state index contributed by atoms with van der Waals surface area (Å²) in [5.74, 6) is 0.931. The van der Waals surface area contributed by atoms with Gasteiger partial charge in [0.1, 0.15) is 5.82 Å². The molecule has 3 heteroatoms. The van der Waals surface area contributed by atoms with Crippen LogP contribution in [0.25, 0.3) is 76.7 Å². The van der Waals surface area contributed by atoms with Crippen LogP contribution in [0, 0.1) is 0 Å². The third kappa shape index (κ3) is 2.92. The molecule has 3 aromatic heterocycles. The Balaban J connectivity index is 1.47. The Morgan fingerprint density at radius 3 is 1.90 bits per heavy atom. The van der Waals surface area contributed by atoms with E-state index in [1.807, 2.05) is 6.20 Å². The largest absolute Gasteiger partial charge is 0.309 e. The van der Waals surface area contributed by atoms with E-state index >= 15 is 0 Å². The highest BCUT2D eigenvalue weighted by molar-refractivity contribution is 6.22. The van der Waals surface area contributed by atoms with Crippen molar-refractivity contribution in [3.05, 3.63) is 140 Å². The average Bonchev–Trinajstić information content (AvgIpc) is 3.53. The van der Waals surface area contributed by atoms with Crippen molar-refractivity contribution in [3.8, 4) is 11.5 Å². The minimum Gasteiger partial charge on any atom is -0.309 e. The van der Waals surface area contributed by atoms with Crippen LogP contribution in [0.3, 0.4) is 0 Å². The van der Waals surface area contributed by atoms with Gasteiger partial charge in [0.2, 0.25) is 0 Å². The van der Waals surface area contributed by atoms with Crippen molar-refractivity contribution in [2.75, 3.05) is 0 Å². The molecule has 3 heterocycles. The first-order valence-corrected chi connectivity index (χ1v) is 13.6. The lowest BCUT2D eigenvalue weighted by Crippen LogP contribution is -1.97. The van der Waals surface area contributed by atoms with Gasteiger partial charge in [-0.15, -0.1) is 0 Å². The molecule has 0 aliphatic heterocycles. The van der Waals surface area contributed by atoms with Crippen LogP contribution < -0.4 is 0 Å². The molecule has 186 valence electrons. The molecule has 0 fully saturated rings. The van der Waals surface area contributed by atoms with Crippen molar-refractivity contribution in [2.45, 2.75) is 0 Å². The fraction of sp³-hybridized carbons (Fsp3) is 0. The summed E-state index contributed by atoms with van der Waals surface area (Å²) in [4.78, 5) is 4.95. The van der Waals surface area contributed by atoms with Crippen LogP contribution in [0.15, 0.2) is 140 Å². The van der Waals surface area contributed by atoms with Gasteiger partial charge < -0.3 is 4.57 Å². The smallest absolute Gasteiger partial charge is 0.138 e. The third-order valence-corrected chi connectivity index (χ3v) is 8.30. The molecule has 0 spiro atoms. The molecule has 0 N–H and O–H groups in total. The maximum atomic E-state index is 4.95. The van der Waals surface area contributed by atoms with E-state index in [2.05, 4.69) is 143 Å². The van der Waals surface area contributed by atoms with Gasteiger partial charge in [-0.2, -0.15) is 0 Å². The number of para-hydroxylation sites is 3. The molecule has 0 unspecified atom stereocenters. The van der Waals surface area contributed by atoms with E-state index in [0.717, 1.165) is 27.9 Å². The molecule has 0 amide bonds. The van der Waals surface area contributed by atoms with Gasteiger partial charge >= 0.3 is 0 Å². The molecular formula is C37H23N3. The number of pyridine rings is 1. The molecule has 0 saturated carbocycles. The van der Waals surface area contributed by atoms with Gasteiger partial charge in [-0.05, 0) is 53.2 Å². The Hall–Kier alpha value is -5.41. The van der Waals surface area contributed by atoms with Crippen LogP contribution in [0.2, 0.25) is 0 Å². The van der Waals surface area contributed by atoms with Gasteiger partial charge in [-0.25, -0.2) is 4.98 Å². The number of nitrogens with zero attached hydrogens (tertiary/aromatic N) is 3. The average molecular weight is 510 g/mol. The van der Waals surface area contributed by atoms with Crippen LogP contribution in [-0.4, -0.2) is 14.1 Å². The van der Waals surface area contributed by atoms with Crippen molar-refractivity contribution < 1.29 is 0 Å². The highest BCUT2D eigenvalue weighted by Crippen LogP contribution is 2.40. The minimum absolute atomic E-state index is 0.931. The van der Waals surface area contributed by atoms with Crippen LogP contribution in [-0.2, 0) is 0 Å². The number of rotatable bonds is 2. The van der Waals surface area contributed by atoms with E-state index in [1.54, 1.807) is 0 Å². The SMILES string of the molecule is c1ccc(-n2c3ccccc3c3ccc4cc5c6ccccc6n(-c6cc7ccccc7cn6)c5cc4c32)cc1. The first kappa shape index (κ1) is 21.5. The van der Waals surface area contributed by atoms with Crippen LogP contribution in [0.5, 0.6) is 0 Å². The van der Waals surface area contributed by atoms with Crippen molar-refractivity contribution in [2.24, 2.45) is 0 Å². The summed E-state index contributed by atoms with van der Waals surface area (Å²) in [7, 11) is 0. The van der Waals surface area contributed by atoms with Crippen molar-refractivity contribution >= 4 is 65.2 Å². The van der Waals surface area contributed by atoms with E-state index < -0.39 is 0 Å². The molecule has 9 aromatic rings. The predicted molar refractivity (Wildman–Crippen MR) is 168 cm³/mol. The zero-order valence-corrected chi connectivity index (χ0v) is 21.6. The zero-order valence-electron chi connectivity index (χ0n) is 21.6. The lowest BCUT2D eigenvalue weighted by atomic mass is 10.0. The molecule has 0 aliphatic rings. The molecule has 0 bridgehead atoms. The van der Waals surface area contributed by atoms with Crippen LogP contribution >= 0.6 is 0 Å². The normalized spacial score (nSPS) is 12.0. The molecule has 3 nitrogen and oxygen atoms in total. The Labute approximate surface area is 230 Å². The Morgan fingerprint density at radius 1 is 0.400 bits per heavy atom. The highest BCUT2D eigenvalue weighted by atomic mass is 15.1. The van der Waals surface area contributed by atoms with Crippen LogP contribution in [0.1, 0.15) is 0 Å². The Morgan fingerprint density at radius 2 is 1.07 bits per heavy atom. The summed E-state index contributed by atoms with van der Waals surface area (Å²) < 4.78 is 4.74. The maximum absolute atomic E-state index is 4.95. The second-order valence-electron chi connectivity index (χ2n) is 10.5. The monoisotopic (exact) mass is 509 g/mol. The first-order valence-electron chi connectivity index (χ1n) is 13.6. The van der Waals surface area contributed by atoms with Gasteiger partial charge in [0, 0.05) is 44.2 Å². The predicted octanol–water partition coefficient (Wildman–Crippen LogP) is 9.58. The number of benzene rings is 6. The minimum atomic E-state index is 0.931. The second-order valence-corrected chi connectivity index (χ2v) is 10.5. The lowest BCUT2D eigenvalue weighted by Gasteiger charge is -2.11. The number of hydrogen-bond donors (Lipinski definition) is 0. The molecular weight excluding hydrogens is 486 g/mol. The van der Waals surface area contributed by atoms with Crippen molar-refractivity contribution in [3.63, 3.8) is 0 Å². The topological polar surface area (TPSA) is 22.8 Å². The Kier molecular flexibility index (Phi) is 4.33. The molecule has 0 saturated heterocycles. The number of fused-ring (bicyclic) bond motifs is 9. The highest BCUT2D eigenvalue weighted by Gasteiger charge is 2.18. The van der Waals surface area contributed by atoms with Gasteiger partial charge in [0.05, 0.1) is 22.1 Å². The quantitative estimate of drug-likeness (QED) is 0.227. The fourth-order valence-electron chi connectivity index (χ4n) is 6.53. The van der Waals surface area contributed by atoms with Gasteiger partial charge in [-0.3, -0.25) is 4.57 Å². The second kappa shape index (κ2) is 8.05. The van der Waals surface area contributed by atoms with Gasteiger partial charge in [0.25, 0.3) is 0 Å². The summed E-state index contributed by atoms with van der Waals surface area (Å²) in [6.45, 7) is 0. The standard InChI is InChI=1S/C37H23N3/c1-2-12-27(13-3-1)39-33-16-8-6-14-28(33)30-19-18-25-20-32-29-15-7-9-17-34(29)40(35(32)22-31(25)37(30)39)36-21-24-10-4-5-11-26(24)23-38-36/h1-23H. The van der Waals surface area contributed by atoms with E-state index in [-0.39, 0.29) is 0 Å². The number of hydrogen-bond acceptors (Lipinski definition) is 1. The van der Waals surface area contributed by atoms with E-state index in [0.29, 0.717) is 0 Å². The molecule has 0 radical (unpaired) electrons. The number of aromatic nitrogens is 3. The van der Waals surface area contributed by atoms with Crippen LogP contribution in [0.4, 0.5) is 0 Å². The lowest BCUT2D eigenvalue weighted by molar-refractivity contribution is 1.09. The molecule has 40 heavy (non-hydrogen) atoms. The third-order valence-electron chi connectivity index (χ3n) is 8.30. The van der Waals surface area contributed by atoms with E-state index in [1.165, 1.54) is 48.7 Å². The van der Waals surface area contributed by atoms with Gasteiger partial charge in [0.15, 0.2) is 0 Å². The summed E-state index contributed by atoms with van der Waals surface area (Å²) in [6, 6.07) is 48.0. The molecule has 9 rings (SSSR count).